The van der Waals surface area contributed by atoms with E-state index in [-0.39, 0.29) is 18.6 Å². The number of amides is 1. The maximum absolute atomic E-state index is 12.3. The average Bonchev–Trinajstić information content (AvgIpc) is 3.21. The summed E-state index contributed by atoms with van der Waals surface area (Å²) < 4.78 is 7.60. The van der Waals surface area contributed by atoms with Crippen LogP contribution in [0.4, 0.5) is 0 Å². The van der Waals surface area contributed by atoms with Crippen molar-refractivity contribution in [3.63, 3.8) is 0 Å². The average molecular weight is 377 g/mol. The molecule has 0 fully saturated rings. The number of benzene rings is 2. The predicted molar refractivity (Wildman–Crippen MR) is 111 cm³/mol. The van der Waals surface area contributed by atoms with Gasteiger partial charge < -0.3 is 14.6 Å². The van der Waals surface area contributed by atoms with Gasteiger partial charge in [0.15, 0.2) is 6.61 Å². The fourth-order valence-corrected chi connectivity index (χ4v) is 3.25. The van der Waals surface area contributed by atoms with Crippen LogP contribution < -0.4 is 10.1 Å². The fourth-order valence-electron chi connectivity index (χ4n) is 3.25. The lowest BCUT2D eigenvalue weighted by molar-refractivity contribution is -0.123. The molecule has 3 aromatic rings. The fraction of sp³-hybridized carbons (Fsp3) is 0.304. The van der Waals surface area contributed by atoms with Crippen LogP contribution in [0.3, 0.4) is 0 Å². The Bertz CT molecular complexity index is 916. The molecule has 2 aromatic carbocycles. The zero-order valence-electron chi connectivity index (χ0n) is 16.8. The Morgan fingerprint density at radius 3 is 2.50 bits per heavy atom. The topological polar surface area (TPSA) is 56.1 Å². The third-order valence-corrected chi connectivity index (χ3v) is 4.81. The summed E-state index contributed by atoms with van der Waals surface area (Å²) in [6.07, 6.45) is 5.40. The summed E-state index contributed by atoms with van der Waals surface area (Å²) in [4.78, 5) is 16.3. The molecule has 1 atom stereocenters. The number of aromatic nitrogens is 2. The van der Waals surface area contributed by atoms with Crippen LogP contribution >= 0.6 is 0 Å². The van der Waals surface area contributed by atoms with Crippen molar-refractivity contribution in [2.75, 3.05) is 6.61 Å². The molecule has 28 heavy (non-hydrogen) atoms. The standard InChI is InChI=1S/C23H27N3O2/c1-16(2)22-10-9-21(13-17(22)3)28-14-23(27)25-18(4)19-5-7-20(8-6-19)26-12-11-24-15-26/h5-13,15-16,18H,14H2,1-4H3,(H,25,27)/t18-/m0/s1. The summed E-state index contributed by atoms with van der Waals surface area (Å²) >= 11 is 0. The van der Waals surface area contributed by atoms with Crippen LogP contribution in [0.5, 0.6) is 5.75 Å². The number of aryl methyl sites for hydroxylation is 1. The Morgan fingerprint density at radius 2 is 1.89 bits per heavy atom. The molecular weight excluding hydrogens is 350 g/mol. The second kappa shape index (κ2) is 8.74. The first-order valence-corrected chi connectivity index (χ1v) is 9.55. The molecule has 0 spiro atoms. The highest BCUT2D eigenvalue weighted by molar-refractivity contribution is 5.78. The van der Waals surface area contributed by atoms with Crippen LogP contribution in [0, 0.1) is 6.92 Å². The van der Waals surface area contributed by atoms with Gasteiger partial charge in [0.2, 0.25) is 0 Å². The van der Waals surface area contributed by atoms with Gasteiger partial charge in [-0.05, 0) is 60.7 Å². The van der Waals surface area contributed by atoms with E-state index < -0.39 is 0 Å². The van der Waals surface area contributed by atoms with Gasteiger partial charge in [-0.15, -0.1) is 0 Å². The van der Waals surface area contributed by atoms with Crippen molar-refractivity contribution in [1.82, 2.24) is 14.9 Å². The van der Waals surface area contributed by atoms with Crippen molar-refractivity contribution < 1.29 is 9.53 Å². The predicted octanol–water partition coefficient (Wildman–Crippen LogP) is 4.56. The van der Waals surface area contributed by atoms with Crippen molar-refractivity contribution in [2.45, 2.75) is 39.7 Å². The first-order chi connectivity index (χ1) is 13.4. The normalized spacial score (nSPS) is 12.0. The highest BCUT2D eigenvalue weighted by Gasteiger charge is 2.11. The van der Waals surface area contributed by atoms with Gasteiger partial charge in [0.25, 0.3) is 5.91 Å². The molecule has 3 rings (SSSR count). The van der Waals surface area contributed by atoms with Crippen molar-refractivity contribution in [1.29, 1.82) is 0 Å². The molecule has 0 bridgehead atoms. The molecule has 0 aliphatic rings. The minimum Gasteiger partial charge on any atom is -0.484 e. The van der Waals surface area contributed by atoms with E-state index in [2.05, 4.69) is 37.1 Å². The molecule has 0 radical (unpaired) electrons. The summed E-state index contributed by atoms with van der Waals surface area (Å²) in [6.45, 7) is 8.36. The summed E-state index contributed by atoms with van der Waals surface area (Å²) in [6, 6.07) is 13.9. The lowest BCUT2D eigenvalue weighted by Gasteiger charge is -2.16. The number of imidazole rings is 1. The van der Waals surface area contributed by atoms with Gasteiger partial charge in [-0.25, -0.2) is 4.98 Å². The molecule has 0 saturated carbocycles. The lowest BCUT2D eigenvalue weighted by atomic mass is 9.98. The van der Waals surface area contributed by atoms with Crippen LogP contribution in [0.1, 0.15) is 49.4 Å². The summed E-state index contributed by atoms with van der Waals surface area (Å²) in [5.41, 5.74) is 4.54. The number of ether oxygens (including phenoxy) is 1. The number of nitrogens with zero attached hydrogens (tertiary/aromatic N) is 2. The lowest BCUT2D eigenvalue weighted by Crippen LogP contribution is -2.31. The Hall–Kier alpha value is -3.08. The monoisotopic (exact) mass is 377 g/mol. The van der Waals surface area contributed by atoms with Crippen LogP contribution in [-0.2, 0) is 4.79 Å². The van der Waals surface area contributed by atoms with Crippen molar-refractivity contribution in [2.24, 2.45) is 0 Å². The van der Waals surface area contributed by atoms with Crippen LogP contribution in [-0.4, -0.2) is 22.1 Å². The number of hydrogen-bond donors (Lipinski definition) is 1. The molecular formula is C23H27N3O2. The molecule has 1 N–H and O–H groups in total. The molecule has 1 aromatic heterocycles. The second-order valence-electron chi connectivity index (χ2n) is 7.31. The van der Waals surface area contributed by atoms with Crippen molar-refractivity contribution >= 4 is 5.91 Å². The number of carbonyl (C=O) groups is 1. The van der Waals surface area contributed by atoms with Gasteiger partial charge in [-0.3, -0.25) is 4.79 Å². The maximum Gasteiger partial charge on any atom is 0.258 e. The second-order valence-corrected chi connectivity index (χ2v) is 7.31. The van der Waals surface area contributed by atoms with E-state index in [0.717, 1.165) is 17.0 Å². The van der Waals surface area contributed by atoms with E-state index in [0.29, 0.717) is 5.92 Å². The zero-order chi connectivity index (χ0) is 20.1. The molecule has 0 aliphatic heterocycles. The van der Waals surface area contributed by atoms with Crippen LogP contribution in [0.15, 0.2) is 61.2 Å². The number of carbonyl (C=O) groups excluding carboxylic acids is 1. The Kier molecular flexibility index (Phi) is 6.14. The third kappa shape index (κ3) is 4.80. The van der Waals surface area contributed by atoms with Crippen LogP contribution in [0.25, 0.3) is 5.69 Å². The first-order valence-electron chi connectivity index (χ1n) is 9.55. The summed E-state index contributed by atoms with van der Waals surface area (Å²) in [5, 5.41) is 2.98. The highest BCUT2D eigenvalue weighted by atomic mass is 16.5. The van der Waals surface area contributed by atoms with E-state index in [9.17, 15) is 4.79 Å². The minimum atomic E-state index is -0.142. The zero-order valence-corrected chi connectivity index (χ0v) is 16.8. The van der Waals surface area contributed by atoms with E-state index >= 15 is 0 Å². The SMILES string of the molecule is Cc1cc(OCC(=O)N[C@@H](C)c2ccc(-n3ccnc3)cc2)ccc1C(C)C. The maximum atomic E-state index is 12.3. The van der Waals surface area contributed by atoms with E-state index in [1.165, 1.54) is 11.1 Å². The van der Waals surface area contributed by atoms with Gasteiger partial charge in [-0.1, -0.05) is 32.0 Å². The summed E-state index contributed by atoms with van der Waals surface area (Å²) in [7, 11) is 0. The Labute approximate surface area is 166 Å². The Morgan fingerprint density at radius 1 is 1.14 bits per heavy atom. The summed E-state index contributed by atoms with van der Waals surface area (Å²) in [5.74, 6) is 1.05. The Balaban J connectivity index is 1.53. The molecule has 5 heteroatoms. The molecule has 1 heterocycles. The van der Waals surface area contributed by atoms with E-state index in [4.69, 9.17) is 4.74 Å². The minimum absolute atomic E-state index is 0.00206. The van der Waals surface area contributed by atoms with E-state index in [1.807, 2.05) is 54.1 Å². The number of hydrogen-bond acceptors (Lipinski definition) is 3. The molecule has 0 saturated heterocycles. The molecule has 146 valence electrons. The molecule has 0 aliphatic carbocycles. The molecule has 5 nitrogen and oxygen atoms in total. The van der Waals surface area contributed by atoms with Crippen molar-refractivity contribution in [3.05, 3.63) is 77.9 Å². The van der Waals surface area contributed by atoms with Crippen LogP contribution in [0.2, 0.25) is 0 Å². The quantitative estimate of drug-likeness (QED) is 0.657. The molecule has 0 unspecified atom stereocenters. The third-order valence-electron chi connectivity index (χ3n) is 4.81. The van der Waals surface area contributed by atoms with Gasteiger partial charge >= 0.3 is 0 Å². The first kappa shape index (κ1) is 19.7. The van der Waals surface area contributed by atoms with Gasteiger partial charge in [0.1, 0.15) is 5.75 Å². The molecule has 1 amide bonds. The van der Waals surface area contributed by atoms with Crippen molar-refractivity contribution in [3.8, 4) is 11.4 Å². The van der Waals surface area contributed by atoms with E-state index in [1.54, 1.807) is 12.5 Å². The van der Waals surface area contributed by atoms with Gasteiger partial charge in [0.05, 0.1) is 12.4 Å². The highest BCUT2D eigenvalue weighted by Crippen LogP contribution is 2.23. The number of rotatable bonds is 7. The largest absolute Gasteiger partial charge is 0.484 e. The number of nitrogens with one attached hydrogen (secondary N) is 1. The smallest absolute Gasteiger partial charge is 0.258 e. The van der Waals surface area contributed by atoms with Gasteiger partial charge in [0, 0.05) is 18.1 Å². The van der Waals surface area contributed by atoms with Gasteiger partial charge in [-0.2, -0.15) is 0 Å².